The average molecular weight is 383 g/mol. The maximum atomic E-state index is 12.5. The van der Waals surface area contributed by atoms with Crippen molar-refractivity contribution in [3.8, 4) is 0 Å². The van der Waals surface area contributed by atoms with Gasteiger partial charge < -0.3 is 5.11 Å². The average Bonchev–Trinajstić information content (AvgIpc) is 2.84. The lowest BCUT2D eigenvalue weighted by Crippen LogP contribution is -2.45. The normalized spacial score (nSPS) is 18.8. The summed E-state index contributed by atoms with van der Waals surface area (Å²) in [5, 5.41) is 11.1. The zero-order chi connectivity index (χ0) is 14.8. The maximum absolute atomic E-state index is 12.5. The molecule has 0 radical (unpaired) electrons. The Kier molecular flexibility index (Phi) is 5.61. The third-order valence-corrected chi connectivity index (χ3v) is 7.17. The van der Waals surface area contributed by atoms with Gasteiger partial charge in [0.25, 0.3) is 10.2 Å². The highest BCUT2D eigenvalue weighted by atomic mass is 79.9. The standard InChI is InChI=1S/C12H19BrN2O3S2/c1-14(7-12-6-11(13)9-19-12)20(17,18)15-4-2-10(8-16)3-5-15/h6,9-10,16H,2-5,7-8H2,1H3. The Labute approximate surface area is 132 Å². The van der Waals surface area contributed by atoms with Gasteiger partial charge in [-0.1, -0.05) is 0 Å². The van der Waals surface area contributed by atoms with Crippen LogP contribution >= 0.6 is 27.3 Å². The quantitative estimate of drug-likeness (QED) is 0.845. The lowest BCUT2D eigenvalue weighted by Gasteiger charge is -2.33. The fourth-order valence-electron chi connectivity index (χ4n) is 2.26. The summed E-state index contributed by atoms with van der Waals surface area (Å²) in [7, 11) is -1.79. The molecule has 1 aromatic rings. The summed E-state index contributed by atoms with van der Waals surface area (Å²) in [6, 6.07) is 1.94. The van der Waals surface area contributed by atoms with Gasteiger partial charge in [-0.15, -0.1) is 11.3 Å². The van der Waals surface area contributed by atoms with E-state index in [1.165, 1.54) is 8.61 Å². The van der Waals surface area contributed by atoms with Crippen LogP contribution < -0.4 is 0 Å². The van der Waals surface area contributed by atoms with Crippen LogP contribution in [0, 0.1) is 5.92 Å². The largest absolute Gasteiger partial charge is 0.396 e. The molecule has 0 spiro atoms. The molecule has 5 nitrogen and oxygen atoms in total. The van der Waals surface area contributed by atoms with Crippen LogP contribution in [0.1, 0.15) is 17.7 Å². The number of piperidine rings is 1. The van der Waals surface area contributed by atoms with Crippen LogP contribution in [0.3, 0.4) is 0 Å². The van der Waals surface area contributed by atoms with E-state index in [1.54, 1.807) is 18.4 Å². The fraction of sp³-hybridized carbons (Fsp3) is 0.667. The molecule has 1 aliphatic rings. The topological polar surface area (TPSA) is 60.9 Å². The molecule has 0 unspecified atom stereocenters. The van der Waals surface area contributed by atoms with Crippen molar-refractivity contribution in [2.24, 2.45) is 5.92 Å². The van der Waals surface area contributed by atoms with Crippen LogP contribution in [-0.2, 0) is 16.8 Å². The van der Waals surface area contributed by atoms with Gasteiger partial charge in [-0.3, -0.25) is 0 Å². The van der Waals surface area contributed by atoms with Gasteiger partial charge in [0.1, 0.15) is 0 Å². The molecular weight excluding hydrogens is 364 g/mol. The molecule has 0 aliphatic carbocycles. The summed E-state index contributed by atoms with van der Waals surface area (Å²) in [6.45, 7) is 1.52. The van der Waals surface area contributed by atoms with Gasteiger partial charge in [0, 0.05) is 48.0 Å². The number of thiophene rings is 1. The zero-order valence-corrected chi connectivity index (χ0v) is 14.5. The van der Waals surface area contributed by atoms with E-state index in [0.29, 0.717) is 19.6 Å². The highest BCUT2D eigenvalue weighted by Gasteiger charge is 2.30. The Balaban J connectivity index is 1.99. The molecule has 0 atom stereocenters. The zero-order valence-electron chi connectivity index (χ0n) is 11.3. The van der Waals surface area contributed by atoms with Crippen molar-refractivity contribution in [1.29, 1.82) is 0 Å². The number of halogens is 1. The predicted octanol–water partition coefficient (Wildman–Crippen LogP) is 1.89. The van der Waals surface area contributed by atoms with E-state index in [0.717, 1.165) is 22.2 Å². The number of hydrogen-bond acceptors (Lipinski definition) is 4. The van der Waals surface area contributed by atoms with Crippen molar-refractivity contribution in [3.63, 3.8) is 0 Å². The van der Waals surface area contributed by atoms with E-state index in [2.05, 4.69) is 15.9 Å². The van der Waals surface area contributed by atoms with Crippen LogP contribution in [0.25, 0.3) is 0 Å². The molecule has 0 bridgehead atoms. The minimum absolute atomic E-state index is 0.146. The van der Waals surface area contributed by atoms with E-state index in [4.69, 9.17) is 5.11 Å². The van der Waals surface area contributed by atoms with Gasteiger partial charge in [-0.2, -0.15) is 17.0 Å². The van der Waals surface area contributed by atoms with Gasteiger partial charge in [-0.05, 0) is 40.8 Å². The second kappa shape index (κ2) is 6.85. The summed E-state index contributed by atoms with van der Waals surface area (Å²) in [6.07, 6.45) is 1.46. The fourth-order valence-corrected chi connectivity index (χ4v) is 5.21. The van der Waals surface area contributed by atoms with E-state index in [1.807, 2.05) is 11.4 Å². The summed E-state index contributed by atoms with van der Waals surface area (Å²) in [5.41, 5.74) is 0. The lowest BCUT2D eigenvalue weighted by molar-refractivity contribution is 0.166. The van der Waals surface area contributed by atoms with Gasteiger partial charge in [-0.25, -0.2) is 0 Å². The third kappa shape index (κ3) is 3.80. The molecule has 1 aromatic heterocycles. The van der Waals surface area contributed by atoms with Crippen molar-refractivity contribution in [3.05, 3.63) is 20.8 Å². The first-order valence-corrected chi connectivity index (χ1v) is 9.55. The monoisotopic (exact) mass is 382 g/mol. The summed E-state index contributed by atoms with van der Waals surface area (Å²) in [5.74, 6) is 0.236. The maximum Gasteiger partial charge on any atom is 0.282 e. The number of hydrogen-bond donors (Lipinski definition) is 1. The number of aliphatic hydroxyl groups excluding tert-OH is 1. The van der Waals surface area contributed by atoms with Crippen molar-refractivity contribution < 1.29 is 13.5 Å². The molecule has 0 saturated carbocycles. The summed E-state index contributed by atoms with van der Waals surface area (Å²) in [4.78, 5) is 1.01. The highest BCUT2D eigenvalue weighted by molar-refractivity contribution is 9.10. The van der Waals surface area contributed by atoms with E-state index in [-0.39, 0.29) is 12.5 Å². The number of aliphatic hydroxyl groups is 1. The summed E-state index contributed by atoms with van der Waals surface area (Å²) < 4.78 is 28.8. The van der Waals surface area contributed by atoms with Crippen molar-refractivity contribution in [2.75, 3.05) is 26.7 Å². The molecule has 114 valence electrons. The Morgan fingerprint density at radius 3 is 2.65 bits per heavy atom. The smallest absolute Gasteiger partial charge is 0.282 e. The van der Waals surface area contributed by atoms with Gasteiger partial charge in [0.05, 0.1) is 0 Å². The lowest BCUT2D eigenvalue weighted by atomic mass is 10.00. The van der Waals surface area contributed by atoms with Crippen molar-refractivity contribution >= 4 is 37.5 Å². The molecule has 1 fully saturated rings. The molecule has 0 aromatic carbocycles. The van der Waals surface area contributed by atoms with Gasteiger partial charge in [0.2, 0.25) is 0 Å². The minimum atomic E-state index is -3.41. The second-order valence-electron chi connectivity index (χ2n) is 5.02. The van der Waals surface area contributed by atoms with Gasteiger partial charge in [0.15, 0.2) is 0 Å². The molecule has 2 heterocycles. The Hall–Kier alpha value is 0.01000. The molecule has 8 heteroatoms. The predicted molar refractivity (Wildman–Crippen MR) is 83.8 cm³/mol. The van der Waals surface area contributed by atoms with E-state index in [9.17, 15) is 8.42 Å². The highest BCUT2D eigenvalue weighted by Crippen LogP contribution is 2.24. The SMILES string of the molecule is CN(Cc1cc(Br)cs1)S(=O)(=O)N1CCC(CO)CC1. The molecule has 2 rings (SSSR count). The molecule has 0 amide bonds. The van der Waals surface area contributed by atoms with Gasteiger partial charge >= 0.3 is 0 Å². The molecular formula is C12H19BrN2O3S2. The van der Waals surface area contributed by atoms with Crippen LogP contribution in [0.2, 0.25) is 0 Å². The minimum Gasteiger partial charge on any atom is -0.396 e. The molecule has 1 aliphatic heterocycles. The first-order valence-electron chi connectivity index (χ1n) is 6.48. The molecule has 1 N–H and O–H groups in total. The van der Waals surface area contributed by atoms with E-state index < -0.39 is 10.2 Å². The van der Waals surface area contributed by atoms with Crippen LogP contribution in [-0.4, -0.2) is 48.9 Å². The second-order valence-corrected chi connectivity index (χ2v) is 8.97. The van der Waals surface area contributed by atoms with Crippen LogP contribution in [0.5, 0.6) is 0 Å². The molecule has 1 saturated heterocycles. The third-order valence-electron chi connectivity index (χ3n) is 3.55. The molecule has 20 heavy (non-hydrogen) atoms. The Morgan fingerprint density at radius 2 is 2.15 bits per heavy atom. The van der Waals surface area contributed by atoms with Crippen molar-refractivity contribution in [1.82, 2.24) is 8.61 Å². The number of rotatable bonds is 5. The first-order chi connectivity index (χ1) is 9.43. The number of nitrogens with zero attached hydrogens (tertiary/aromatic N) is 2. The van der Waals surface area contributed by atoms with Crippen LogP contribution in [0.15, 0.2) is 15.9 Å². The summed E-state index contributed by atoms with van der Waals surface area (Å²) >= 11 is 4.91. The van der Waals surface area contributed by atoms with Crippen molar-refractivity contribution in [2.45, 2.75) is 19.4 Å². The van der Waals surface area contributed by atoms with E-state index >= 15 is 0 Å². The Morgan fingerprint density at radius 1 is 1.50 bits per heavy atom. The van der Waals surface area contributed by atoms with Crippen LogP contribution in [0.4, 0.5) is 0 Å². The Bertz CT molecular complexity index is 539. The first kappa shape index (κ1) is 16.4.